The quantitative estimate of drug-likeness (QED) is 0.812. The van der Waals surface area contributed by atoms with E-state index >= 15 is 0 Å². The summed E-state index contributed by atoms with van der Waals surface area (Å²) in [4.78, 5) is 0. The van der Waals surface area contributed by atoms with Gasteiger partial charge in [0.25, 0.3) is 0 Å². The number of benzene rings is 2. The molecule has 0 spiro atoms. The molecule has 0 unspecified atom stereocenters. The standard InChI is InChI=1S/C15H17NO/c1-3-17-13-9-7-12(8-10-13)14-5-4-6-15(16)11(14)2/h4-10H,3,16H2,1-2H3. The van der Waals surface area contributed by atoms with Crippen molar-refractivity contribution in [2.45, 2.75) is 13.8 Å². The van der Waals surface area contributed by atoms with Crippen molar-refractivity contribution in [1.29, 1.82) is 0 Å². The largest absolute Gasteiger partial charge is 0.494 e. The Hall–Kier alpha value is -1.96. The summed E-state index contributed by atoms with van der Waals surface area (Å²) in [5.41, 5.74) is 10.2. The van der Waals surface area contributed by atoms with Crippen LogP contribution in [-0.4, -0.2) is 6.61 Å². The van der Waals surface area contributed by atoms with E-state index in [2.05, 4.69) is 18.2 Å². The minimum absolute atomic E-state index is 0.691. The summed E-state index contributed by atoms with van der Waals surface area (Å²) in [7, 11) is 0. The minimum atomic E-state index is 0.691. The van der Waals surface area contributed by atoms with Crippen LogP contribution in [0.15, 0.2) is 42.5 Å². The van der Waals surface area contributed by atoms with Gasteiger partial charge >= 0.3 is 0 Å². The Morgan fingerprint density at radius 1 is 1.06 bits per heavy atom. The molecule has 88 valence electrons. The third-order valence-corrected chi connectivity index (χ3v) is 2.85. The van der Waals surface area contributed by atoms with Gasteiger partial charge in [0, 0.05) is 5.69 Å². The average Bonchev–Trinajstić information content (AvgIpc) is 2.34. The van der Waals surface area contributed by atoms with Crippen LogP contribution in [0, 0.1) is 6.92 Å². The van der Waals surface area contributed by atoms with Crippen molar-refractivity contribution in [3.63, 3.8) is 0 Å². The number of nitrogen functional groups attached to an aromatic ring is 1. The lowest BCUT2D eigenvalue weighted by Crippen LogP contribution is -1.93. The van der Waals surface area contributed by atoms with Crippen LogP contribution < -0.4 is 10.5 Å². The number of hydrogen-bond acceptors (Lipinski definition) is 2. The first kappa shape index (κ1) is 11.5. The molecule has 2 N–H and O–H groups in total. The highest BCUT2D eigenvalue weighted by Gasteiger charge is 2.04. The SMILES string of the molecule is CCOc1ccc(-c2cccc(N)c2C)cc1. The monoisotopic (exact) mass is 227 g/mol. The Morgan fingerprint density at radius 3 is 2.41 bits per heavy atom. The van der Waals surface area contributed by atoms with E-state index in [1.165, 1.54) is 11.1 Å². The lowest BCUT2D eigenvalue weighted by atomic mass is 9.99. The van der Waals surface area contributed by atoms with Gasteiger partial charge in [-0.05, 0) is 48.7 Å². The van der Waals surface area contributed by atoms with Crippen molar-refractivity contribution in [3.8, 4) is 16.9 Å². The van der Waals surface area contributed by atoms with E-state index in [4.69, 9.17) is 10.5 Å². The van der Waals surface area contributed by atoms with E-state index in [9.17, 15) is 0 Å². The molecule has 0 aromatic heterocycles. The lowest BCUT2D eigenvalue weighted by Gasteiger charge is -2.09. The molecular formula is C15H17NO. The summed E-state index contributed by atoms with van der Waals surface area (Å²) in [6, 6.07) is 14.1. The Balaban J connectivity index is 2.36. The zero-order valence-corrected chi connectivity index (χ0v) is 10.2. The lowest BCUT2D eigenvalue weighted by molar-refractivity contribution is 0.340. The highest BCUT2D eigenvalue weighted by atomic mass is 16.5. The Morgan fingerprint density at radius 2 is 1.76 bits per heavy atom. The number of nitrogens with two attached hydrogens (primary N) is 1. The number of ether oxygens (including phenoxy) is 1. The van der Waals surface area contributed by atoms with Crippen molar-refractivity contribution in [2.24, 2.45) is 0 Å². The van der Waals surface area contributed by atoms with Crippen molar-refractivity contribution >= 4 is 5.69 Å². The molecule has 17 heavy (non-hydrogen) atoms. The van der Waals surface area contributed by atoms with Gasteiger partial charge in [0.05, 0.1) is 6.61 Å². The highest BCUT2D eigenvalue weighted by Crippen LogP contribution is 2.28. The van der Waals surface area contributed by atoms with E-state index in [0.717, 1.165) is 17.0 Å². The molecule has 2 heteroatoms. The Labute approximate surface area is 102 Å². The van der Waals surface area contributed by atoms with Gasteiger partial charge in [0.15, 0.2) is 0 Å². The van der Waals surface area contributed by atoms with Gasteiger partial charge in [-0.25, -0.2) is 0 Å². The second kappa shape index (κ2) is 4.91. The summed E-state index contributed by atoms with van der Waals surface area (Å²) < 4.78 is 5.43. The molecule has 2 aromatic rings. The predicted molar refractivity (Wildman–Crippen MR) is 72.2 cm³/mol. The van der Waals surface area contributed by atoms with E-state index in [-0.39, 0.29) is 0 Å². The van der Waals surface area contributed by atoms with Gasteiger partial charge in [-0.15, -0.1) is 0 Å². The fourth-order valence-corrected chi connectivity index (χ4v) is 1.86. The molecule has 0 heterocycles. The fourth-order valence-electron chi connectivity index (χ4n) is 1.86. The van der Waals surface area contributed by atoms with Gasteiger partial charge in [0.1, 0.15) is 5.75 Å². The summed E-state index contributed by atoms with van der Waals surface area (Å²) in [6.07, 6.45) is 0. The van der Waals surface area contributed by atoms with Crippen LogP contribution in [0.3, 0.4) is 0 Å². The first-order valence-electron chi connectivity index (χ1n) is 5.80. The molecular weight excluding hydrogens is 210 g/mol. The summed E-state index contributed by atoms with van der Waals surface area (Å²) in [5, 5.41) is 0. The summed E-state index contributed by atoms with van der Waals surface area (Å²) >= 11 is 0. The molecule has 0 aliphatic carbocycles. The zero-order valence-electron chi connectivity index (χ0n) is 10.2. The summed E-state index contributed by atoms with van der Waals surface area (Å²) in [5.74, 6) is 0.901. The third kappa shape index (κ3) is 2.41. The normalized spacial score (nSPS) is 10.2. The molecule has 0 amide bonds. The van der Waals surface area contributed by atoms with Crippen LogP contribution in [0.1, 0.15) is 12.5 Å². The molecule has 0 saturated heterocycles. The Kier molecular flexibility index (Phi) is 3.33. The zero-order chi connectivity index (χ0) is 12.3. The molecule has 0 aliphatic heterocycles. The topological polar surface area (TPSA) is 35.2 Å². The van der Waals surface area contributed by atoms with Crippen molar-refractivity contribution in [1.82, 2.24) is 0 Å². The number of anilines is 1. The molecule has 0 fully saturated rings. The molecule has 2 rings (SSSR count). The van der Waals surface area contributed by atoms with E-state index in [1.807, 2.05) is 38.1 Å². The fraction of sp³-hybridized carbons (Fsp3) is 0.200. The molecule has 0 bridgehead atoms. The second-order valence-corrected chi connectivity index (χ2v) is 3.98. The van der Waals surface area contributed by atoms with Gasteiger partial charge in [0.2, 0.25) is 0 Å². The van der Waals surface area contributed by atoms with E-state index < -0.39 is 0 Å². The van der Waals surface area contributed by atoms with Gasteiger partial charge in [-0.3, -0.25) is 0 Å². The maximum atomic E-state index is 5.91. The van der Waals surface area contributed by atoms with Crippen LogP contribution in [0.5, 0.6) is 5.75 Å². The Bertz CT molecular complexity index is 503. The third-order valence-electron chi connectivity index (χ3n) is 2.85. The van der Waals surface area contributed by atoms with Gasteiger partial charge in [-0.1, -0.05) is 24.3 Å². The summed E-state index contributed by atoms with van der Waals surface area (Å²) in [6.45, 7) is 4.72. The van der Waals surface area contributed by atoms with Crippen LogP contribution in [0.4, 0.5) is 5.69 Å². The molecule has 0 saturated carbocycles. The molecule has 0 aliphatic rings. The van der Waals surface area contributed by atoms with Crippen molar-refractivity contribution in [3.05, 3.63) is 48.0 Å². The van der Waals surface area contributed by atoms with E-state index in [0.29, 0.717) is 6.61 Å². The average molecular weight is 227 g/mol. The van der Waals surface area contributed by atoms with Crippen molar-refractivity contribution in [2.75, 3.05) is 12.3 Å². The molecule has 0 atom stereocenters. The van der Waals surface area contributed by atoms with Crippen LogP contribution in [0.25, 0.3) is 11.1 Å². The first-order chi connectivity index (χ1) is 8.22. The minimum Gasteiger partial charge on any atom is -0.494 e. The highest BCUT2D eigenvalue weighted by molar-refractivity contribution is 5.72. The molecule has 0 radical (unpaired) electrons. The number of rotatable bonds is 3. The van der Waals surface area contributed by atoms with E-state index in [1.54, 1.807) is 0 Å². The van der Waals surface area contributed by atoms with Crippen LogP contribution in [-0.2, 0) is 0 Å². The van der Waals surface area contributed by atoms with Crippen molar-refractivity contribution < 1.29 is 4.74 Å². The van der Waals surface area contributed by atoms with Gasteiger partial charge in [-0.2, -0.15) is 0 Å². The predicted octanol–water partition coefficient (Wildman–Crippen LogP) is 3.64. The second-order valence-electron chi connectivity index (χ2n) is 3.98. The maximum absolute atomic E-state index is 5.91. The van der Waals surface area contributed by atoms with Crippen LogP contribution in [0.2, 0.25) is 0 Å². The first-order valence-corrected chi connectivity index (χ1v) is 5.80. The number of hydrogen-bond donors (Lipinski definition) is 1. The smallest absolute Gasteiger partial charge is 0.119 e. The maximum Gasteiger partial charge on any atom is 0.119 e. The molecule has 2 nitrogen and oxygen atoms in total. The molecule has 2 aromatic carbocycles. The van der Waals surface area contributed by atoms with Crippen LogP contribution >= 0.6 is 0 Å². The van der Waals surface area contributed by atoms with Gasteiger partial charge < -0.3 is 10.5 Å².